The van der Waals surface area contributed by atoms with Crippen molar-refractivity contribution in [3.05, 3.63) is 22.2 Å². The molecule has 3 rings (SSSR count). The van der Waals surface area contributed by atoms with E-state index in [-0.39, 0.29) is 23.7 Å². The van der Waals surface area contributed by atoms with E-state index in [1.54, 1.807) is 0 Å². The van der Waals surface area contributed by atoms with Crippen LogP contribution in [0, 0.1) is 18.8 Å². The van der Waals surface area contributed by atoms with Crippen LogP contribution in [0.4, 0.5) is 11.4 Å². The number of rotatable bonds is 3. The number of halogens is 1. The van der Waals surface area contributed by atoms with Gasteiger partial charge in [-0.2, -0.15) is 0 Å². The number of nitrogens with one attached hydrogen (secondary N) is 1. The topological polar surface area (TPSA) is 75.4 Å². The summed E-state index contributed by atoms with van der Waals surface area (Å²) in [5, 5.41) is 2.93. The first-order valence-corrected chi connectivity index (χ1v) is 8.90. The van der Waals surface area contributed by atoms with Crippen LogP contribution in [0.25, 0.3) is 0 Å². The van der Waals surface area contributed by atoms with E-state index in [4.69, 9.17) is 5.73 Å². The lowest BCUT2D eigenvalue weighted by molar-refractivity contribution is -0.135. The van der Waals surface area contributed by atoms with Crippen molar-refractivity contribution in [3.8, 4) is 0 Å². The third kappa shape index (κ3) is 3.68. The third-order valence-electron chi connectivity index (χ3n) is 4.64. The molecule has 0 spiro atoms. The molecule has 0 radical (unpaired) electrons. The van der Waals surface area contributed by atoms with Gasteiger partial charge in [-0.15, -0.1) is 0 Å². The number of nitrogens with two attached hydrogens (primary N) is 1. The Morgan fingerprint density at radius 3 is 2.70 bits per heavy atom. The highest BCUT2D eigenvalue weighted by atomic mass is 79.9. The van der Waals surface area contributed by atoms with Crippen molar-refractivity contribution < 1.29 is 9.59 Å². The van der Waals surface area contributed by atoms with E-state index in [1.165, 1.54) is 0 Å². The molecule has 23 heavy (non-hydrogen) atoms. The average Bonchev–Trinajstić information content (AvgIpc) is 3.36. The second kappa shape index (κ2) is 6.51. The lowest BCUT2D eigenvalue weighted by Crippen LogP contribution is -2.44. The number of carbonyl (C=O) groups is 2. The molecule has 1 saturated heterocycles. The molecule has 1 unspecified atom stereocenters. The van der Waals surface area contributed by atoms with E-state index in [2.05, 4.69) is 21.2 Å². The number of hydrogen-bond donors (Lipinski definition) is 2. The van der Waals surface area contributed by atoms with Crippen LogP contribution in [0.5, 0.6) is 0 Å². The molecule has 2 fully saturated rings. The summed E-state index contributed by atoms with van der Waals surface area (Å²) >= 11 is 3.42. The molecule has 3 N–H and O–H groups in total. The van der Waals surface area contributed by atoms with Gasteiger partial charge in [-0.25, -0.2) is 0 Å². The number of amides is 2. The highest BCUT2D eigenvalue weighted by Gasteiger charge is 2.36. The highest BCUT2D eigenvalue weighted by Crippen LogP contribution is 2.33. The molecule has 1 saturated carbocycles. The van der Waals surface area contributed by atoms with Crippen molar-refractivity contribution in [2.24, 2.45) is 11.8 Å². The molecule has 2 aliphatic rings. The minimum Gasteiger partial charge on any atom is -0.397 e. The van der Waals surface area contributed by atoms with Crippen LogP contribution in [0.1, 0.15) is 31.2 Å². The van der Waals surface area contributed by atoms with Crippen molar-refractivity contribution in [2.75, 3.05) is 24.1 Å². The Morgan fingerprint density at radius 2 is 2.00 bits per heavy atom. The molecule has 6 heteroatoms. The Balaban J connectivity index is 1.67. The van der Waals surface area contributed by atoms with Gasteiger partial charge in [0.05, 0.1) is 17.3 Å². The van der Waals surface area contributed by atoms with Crippen LogP contribution in [-0.4, -0.2) is 29.8 Å². The minimum absolute atomic E-state index is 0.0532. The number of likely N-dealkylation sites (tertiary alicyclic amines) is 1. The zero-order valence-electron chi connectivity index (χ0n) is 13.3. The molecule has 2 amide bonds. The maximum absolute atomic E-state index is 12.6. The van der Waals surface area contributed by atoms with Gasteiger partial charge in [0.1, 0.15) is 0 Å². The Bertz CT molecular complexity index is 643. The Hall–Kier alpha value is -1.56. The first-order chi connectivity index (χ1) is 11.0. The number of hydrogen-bond acceptors (Lipinski definition) is 3. The van der Waals surface area contributed by atoms with Crippen LogP contribution in [0.2, 0.25) is 0 Å². The summed E-state index contributed by atoms with van der Waals surface area (Å²) in [5.74, 6) is 0.216. The molecular weight excluding hydrogens is 358 g/mol. The summed E-state index contributed by atoms with van der Waals surface area (Å²) in [6, 6.07) is 3.73. The quantitative estimate of drug-likeness (QED) is 0.792. The van der Waals surface area contributed by atoms with E-state index in [1.807, 2.05) is 24.0 Å². The molecule has 0 bridgehead atoms. The Labute approximate surface area is 144 Å². The van der Waals surface area contributed by atoms with E-state index in [9.17, 15) is 9.59 Å². The van der Waals surface area contributed by atoms with Crippen LogP contribution < -0.4 is 11.1 Å². The maximum atomic E-state index is 12.6. The van der Waals surface area contributed by atoms with Gasteiger partial charge in [0.2, 0.25) is 11.8 Å². The van der Waals surface area contributed by atoms with Gasteiger partial charge in [0, 0.05) is 23.5 Å². The second-order valence-corrected chi connectivity index (χ2v) is 7.49. The van der Waals surface area contributed by atoms with Gasteiger partial charge in [0.25, 0.3) is 0 Å². The number of nitrogen functional groups attached to an aromatic ring is 1. The predicted octanol–water partition coefficient (Wildman–Crippen LogP) is 2.93. The predicted molar refractivity (Wildman–Crippen MR) is 93.9 cm³/mol. The number of carbonyl (C=O) groups excluding carboxylic acids is 2. The zero-order valence-corrected chi connectivity index (χ0v) is 14.9. The molecule has 1 atom stereocenters. The minimum atomic E-state index is -0.162. The summed E-state index contributed by atoms with van der Waals surface area (Å²) in [6.45, 7) is 3.21. The summed E-state index contributed by atoms with van der Waals surface area (Å²) in [6.07, 6.45) is 3.69. The van der Waals surface area contributed by atoms with Gasteiger partial charge in [-0.3, -0.25) is 9.59 Å². The Morgan fingerprint density at radius 1 is 1.26 bits per heavy atom. The first kappa shape index (κ1) is 16.3. The summed E-state index contributed by atoms with van der Waals surface area (Å²) < 4.78 is 0.883. The van der Waals surface area contributed by atoms with Crippen LogP contribution >= 0.6 is 15.9 Å². The molecule has 1 aliphatic carbocycles. The van der Waals surface area contributed by atoms with Gasteiger partial charge < -0.3 is 16.0 Å². The maximum Gasteiger partial charge on any atom is 0.229 e. The van der Waals surface area contributed by atoms with E-state index in [0.717, 1.165) is 42.3 Å². The van der Waals surface area contributed by atoms with Gasteiger partial charge >= 0.3 is 0 Å². The van der Waals surface area contributed by atoms with Crippen LogP contribution in [-0.2, 0) is 9.59 Å². The average molecular weight is 380 g/mol. The van der Waals surface area contributed by atoms with E-state index < -0.39 is 0 Å². The summed E-state index contributed by atoms with van der Waals surface area (Å²) in [7, 11) is 0. The number of anilines is 2. The van der Waals surface area contributed by atoms with Gasteiger partial charge in [0.15, 0.2) is 0 Å². The number of benzene rings is 1. The number of piperidine rings is 1. The molecular formula is C17H22BrN3O2. The molecule has 1 aromatic rings. The van der Waals surface area contributed by atoms with Gasteiger partial charge in [-0.05, 0) is 50.3 Å². The van der Waals surface area contributed by atoms with Crippen LogP contribution in [0.3, 0.4) is 0 Å². The molecule has 0 aromatic heterocycles. The lowest BCUT2D eigenvalue weighted by Gasteiger charge is -2.32. The number of aryl methyl sites for hydroxylation is 1. The smallest absolute Gasteiger partial charge is 0.229 e. The monoisotopic (exact) mass is 379 g/mol. The van der Waals surface area contributed by atoms with Crippen molar-refractivity contribution in [1.29, 1.82) is 0 Å². The fourth-order valence-corrected chi connectivity index (χ4v) is 3.64. The van der Waals surface area contributed by atoms with Crippen molar-refractivity contribution in [2.45, 2.75) is 32.6 Å². The summed E-state index contributed by atoms with van der Waals surface area (Å²) in [5.41, 5.74) is 8.19. The third-order valence-corrected chi connectivity index (χ3v) is 5.10. The lowest BCUT2D eigenvalue weighted by atomic mass is 9.96. The fraction of sp³-hybridized carbons (Fsp3) is 0.529. The van der Waals surface area contributed by atoms with Crippen molar-refractivity contribution >= 4 is 39.1 Å². The van der Waals surface area contributed by atoms with E-state index in [0.29, 0.717) is 17.9 Å². The molecule has 5 nitrogen and oxygen atoms in total. The fourth-order valence-electron chi connectivity index (χ4n) is 3.07. The Kier molecular flexibility index (Phi) is 4.62. The molecule has 1 heterocycles. The summed E-state index contributed by atoms with van der Waals surface area (Å²) in [4.78, 5) is 26.6. The SMILES string of the molecule is Cc1cc(Br)cc(NC(=O)C2CCCN(C(=O)C3CC3)C2)c1N. The second-order valence-electron chi connectivity index (χ2n) is 6.57. The molecule has 1 aliphatic heterocycles. The van der Waals surface area contributed by atoms with Crippen molar-refractivity contribution in [3.63, 3.8) is 0 Å². The molecule has 1 aromatic carbocycles. The van der Waals surface area contributed by atoms with Crippen LogP contribution in [0.15, 0.2) is 16.6 Å². The molecule has 124 valence electrons. The van der Waals surface area contributed by atoms with E-state index >= 15 is 0 Å². The number of nitrogens with zero attached hydrogens (tertiary/aromatic N) is 1. The normalized spacial score (nSPS) is 21.1. The zero-order chi connectivity index (χ0) is 16.6. The first-order valence-electron chi connectivity index (χ1n) is 8.11. The van der Waals surface area contributed by atoms with Crippen molar-refractivity contribution in [1.82, 2.24) is 4.90 Å². The largest absolute Gasteiger partial charge is 0.397 e. The van der Waals surface area contributed by atoms with Gasteiger partial charge in [-0.1, -0.05) is 15.9 Å². The standard InChI is InChI=1S/C17H22BrN3O2/c1-10-7-13(18)8-14(15(10)19)20-16(22)12-3-2-6-21(9-12)17(23)11-4-5-11/h7-8,11-12H,2-6,9,19H2,1H3,(H,20,22). The highest BCUT2D eigenvalue weighted by molar-refractivity contribution is 9.10.